The zero-order valence-corrected chi connectivity index (χ0v) is 9.14. The fourth-order valence-electron chi connectivity index (χ4n) is 0.979. The Kier molecular flexibility index (Phi) is 4.21. The number of halogens is 2. The van der Waals surface area contributed by atoms with E-state index in [2.05, 4.69) is 13.8 Å². The van der Waals surface area contributed by atoms with Crippen LogP contribution in [-0.2, 0) is 0 Å². The zero-order chi connectivity index (χ0) is 10.6. The first kappa shape index (κ1) is 11.3. The maximum absolute atomic E-state index is 13.0. The van der Waals surface area contributed by atoms with Crippen LogP contribution in [0.1, 0.15) is 20.3 Å². The van der Waals surface area contributed by atoms with E-state index in [0.717, 1.165) is 6.42 Å². The van der Waals surface area contributed by atoms with Gasteiger partial charge in [0.05, 0.1) is 11.6 Å². The molecule has 1 aromatic carbocycles. The normalized spacial score (nSPS) is 10.6. The Hall–Kier alpha value is -0.760. The van der Waals surface area contributed by atoms with Crippen LogP contribution in [0, 0.1) is 11.7 Å². The Balaban J connectivity index is 2.47. The Morgan fingerprint density at radius 3 is 2.71 bits per heavy atom. The second-order valence-corrected chi connectivity index (χ2v) is 4.01. The van der Waals surface area contributed by atoms with Crippen LogP contribution < -0.4 is 4.74 Å². The van der Waals surface area contributed by atoms with Gasteiger partial charge in [-0.05, 0) is 24.5 Å². The average Bonchev–Trinajstić information content (AvgIpc) is 2.10. The lowest BCUT2D eigenvalue weighted by molar-refractivity contribution is 0.288. The molecular weight excluding hydrogens is 203 g/mol. The molecule has 0 fully saturated rings. The van der Waals surface area contributed by atoms with Gasteiger partial charge in [-0.1, -0.05) is 25.4 Å². The summed E-state index contributed by atoms with van der Waals surface area (Å²) in [6.45, 7) is 4.84. The van der Waals surface area contributed by atoms with Crippen molar-refractivity contribution in [2.24, 2.45) is 5.92 Å². The van der Waals surface area contributed by atoms with Crippen LogP contribution in [0.3, 0.4) is 0 Å². The predicted molar refractivity (Wildman–Crippen MR) is 56.4 cm³/mol. The molecule has 14 heavy (non-hydrogen) atoms. The fourth-order valence-corrected chi connectivity index (χ4v) is 1.10. The van der Waals surface area contributed by atoms with Gasteiger partial charge >= 0.3 is 0 Å². The van der Waals surface area contributed by atoms with Gasteiger partial charge in [-0.25, -0.2) is 4.39 Å². The van der Waals surface area contributed by atoms with Crippen molar-refractivity contribution in [1.29, 1.82) is 0 Å². The minimum atomic E-state index is -0.436. The molecule has 0 unspecified atom stereocenters. The molecule has 0 heterocycles. The number of rotatable bonds is 4. The minimum Gasteiger partial charge on any atom is -0.493 e. The van der Waals surface area contributed by atoms with Crippen LogP contribution in [0.4, 0.5) is 4.39 Å². The lowest BCUT2D eigenvalue weighted by Gasteiger charge is -2.08. The molecule has 0 aliphatic heterocycles. The highest BCUT2D eigenvalue weighted by Gasteiger charge is 2.01. The maximum Gasteiger partial charge on any atom is 0.145 e. The topological polar surface area (TPSA) is 9.23 Å². The summed E-state index contributed by atoms with van der Waals surface area (Å²) in [4.78, 5) is 0. The summed E-state index contributed by atoms with van der Waals surface area (Å²) < 4.78 is 18.3. The van der Waals surface area contributed by atoms with Crippen molar-refractivity contribution >= 4 is 11.6 Å². The number of ether oxygens (including phenoxy) is 1. The fraction of sp³-hybridized carbons (Fsp3) is 0.455. The van der Waals surface area contributed by atoms with Crippen molar-refractivity contribution in [3.05, 3.63) is 29.0 Å². The molecule has 1 rings (SSSR count). The van der Waals surface area contributed by atoms with Crippen molar-refractivity contribution < 1.29 is 9.13 Å². The highest BCUT2D eigenvalue weighted by molar-refractivity contribution is 6.30. The van der Waals surface area contributed by atoms with Crippen LogP contribution in [0.2, 0.25) is 5.02 Å². The van der Waals surface area contributed by atoms with Gasteiger partial charge in [-0.3, -0.25) is 0 Å². The molecule has 1 nitrogen and oxygen atoms in total. The van der Waals surface area contributed by atoms with E-state index in [-0.39, 0.29) is 5.02 Å². The van der Waals surface area contributed by atoms with Gasteiger partial charge in [-0.15, -0.1) is 0 Å². The molecule has 0 saturated carbocycles. The van der Waals surface area contributed by atoms with Crippen LogP contribution in [0.25, 0.3) is 0 Å². The molecule has 3 heteroatoms. The highest BCUT2D eigenvalue weighted by atomic mass is 35.5. The Morgan fingerprint density at radius 2 is 2.14 bits per heavy atom. The standard InChI is InChI=1S/C11H14ClFO/c1-8(2)5-6-14-9-3-4-10(12)11(13)7-9/h3-4,7-8H,5-6H2,1-2H3. The van der Waals surface area contributed by atoms with Gasteiger partial charge in [-0.2, -0.15) is 0 Å². The van der Waals surface area contributed by atoms with Gasteiger partial charge in [0.2, 0.25) is 0 Å². The third-order valence-electron chi connectivity index (χ3n) is 1.85. The molecule has 0 radical (unpaired) electrons. The highest BCUT2D eigenvalue weighted by Crippen LogP contribution is 2.20. The van der Waals surface area contributed by atoms with E-state index in [9.17, 15) is 4.39 Å². The first-order valence-corrected chi connectivity index (χ1v) is 5.05. The molecule has 0 saturated heterocycles. The van der Waals surface area contributed by atoms with Crippen LogP contribution >= 0.6 is 11.6 Å². The lowest BCUT2D eigenvalue weighted by Crippen LogP contribution is -2.01. The van der Waals surface area contributed by atoms with E-state index in [1.807, 2.05) is 0 Å². The first-order valence-electron chi connectivity index (χ1n) is 4.67. The molecule has 78 valence electrons. The van der Waals surface area contributed by atoms with Crippen LogP contribution in [-0.4, -0.2) is 6.61 Å². The molecule has 0 atom stereocenters. The molecule has 0 aliphatic rings. The van der Waals surface area contributed by atoms with E-state index < -0.39 is 5.82 Å². The molecule has 0 aromatic heterocycles. The van der Waals surface area contributed by atoms with Gasteiger partial charge in [0.1, 0.15) is 11.6 Å². The summed E-state index contributed by atoms with van der Waals surface area (Å²) in [6.07, 6.45) is 0.963. The molecule has 0 aliphatic carbocycles. The van der Waals surface area contributed by atoms with Crippen molar-refractivity contribution in [2.45, 2.75) is 20.3 Å². The summed E-state index contributed by atoms with van der Waals surface area (Å²) in [5, 5.41) is 0.126. The second-order valence-electron chi connectivity index (χ2n) is 3.61. The number of hydrogen-bond acceptors (Lipinski definition) is 1. The van der Waals surface area contributed by atoms with Crippen LogP contribution in [0.5, 0.6) is 5.75 Å². The minimum absolute atomic E-state index is 0.126. The summed E-state index contributed by atoms with van der Waals surface area (Å²) in [7, 11) is 0. The van der Waals surface area contributed by atoms with Gasteiger partial charge < -0.3 is 4.74 Å². The molecule has 0 bridgehead atoms. The summed E-state index contributed by atoms with van der Waals surface area (Å²) >= 11 is 5.53. The largest absolute Gasteiger partial charge is 0.493 e. The lowest BCUT2D eigenvalue weighted by atomic mass is 10.1. The predicted octanol–water partition coefficient (Wildman–Crippen LogP) is 3.90. The van der Waals surface area contributed by atoms with Gasteiger partial charge in [0.25, 0.3) is 0 Å². The second kappa shape index (κ2) is 5.20. The van der Waals surface area contributed by atoms with E-state index >= 15 is 0 Å². The summed E-state index contributed by atoms with van der Waals surface area (Å²) in [6, 6.07) is 4.48. The summed E-state index contributed by atoms with van der Waals surface area (Å²) in [5.41, 5.74) is 0. The third-order valence-corrected chi connectivity index (χ3v) is 2.16. The number of benzene rings is 1. The average molecular weight is 217 g/mol. The molecule has 0 amide bonds. The number of hydrogen-bond donors (Lipinski definition) is 0. The van der Waals surface area contributed by atoms with Crippen molar-refractivity contribution in [2.75, 3.05) is 6.61 Å². The molecule has 0 N–H and O–H groups in total. The zero-order valence-electron chi connectivity index (χ0n) is 8.39. The first-order chi connectivity index (χ1) is 6.59. The van der Waals surface area contributed by atoms with Crippen LogP contribution in [0.15, 0.2) is 18.2 Å². The SMILES string of the molecule is CC(C)CCOc1ccc(Cl)c(F)c1. The van der Waals surface area contributed by atoms with Gasteiger partial charge in [0.15, 0.2) is 0 Å². The van der Waals surface area contributed by atoms with E-state index in [1.54, 1.807) is 6.07 Å². The van der Waals surface area contributed by atoms with E-state index in [4.69, 9.17) is 16.3 Å². The van der Waals surface area contributed by atoms with E-state index in [0.29, 0.717) is 18.3 Å². The maximum atomic E-state index is 13.0. The smallest absolute Gasteiger partial charge is 0.145 e. The van der Waals surface area contributed by atoms with E-state index in [1.165, 1.54) is 12.1 Å². The Labute approximate surface area is 88.8 Å². The van der Waals surface area contributed by atoms with Crippen molar-refractivity contribution in [3.8, 4) is 5.75 Å². The Bertz CT molecular complexity index is 299. The molecular formula is C11H14ClFO. The van der Waals surface area contributed by atoms with Crippen molar-refractivity contribution in [1.82, 2.24) is 0 Å². The monoisotopic (exact) mass is 216 g/mol. The molecule has 1 aromatic rings. The van der Waals surface area contributed by atoms with Crippen molar-refractivity contribution in [3.63, 3.8) is 0 Å². The quantitative estimate of drug-likeness (QED) is 0.742. The van der Waals surface area contributed by atoms with Gasteiger partial charge in [0, 0.05) is 6.07 Å². The molecule has 0 spiro atoms. The Morgan fingerprint density at radius 1 is 1.43 bits per heavy atom. The summed E-state index contributed by atoms with van der Waals surface area (Å²) in [5.74, 6) is 0.688. The third kappa shape index (κ3) is 3.54.